The van der Waals surface area contributed by atoms with Crippen LogP contribution in [0.3, 0.4) is 0 Å². The Labute approximate surface area is 217 Å². The van der Waals surface area contributed by atoms with Crippen LogP contribution in [0, 0.1) is 0 Å². The molecular formula is C25H33Cl2N5O3. The Hall–Kier alpha value is -2.52. The maximum absolute atomic E-state index is 12.9. The molecular weight excluding hydrogens is 489 g/mol. The second-order valence-electron chi connectivity index (χ2n) is 8.52. The third kappa shape index (κ3) is 7.24. The first-order valence-corrected chi connectivity index (χ1v) is 12.2. The first kappa shape index (κ1) is 27.1. The van der Waals surface area contributed by atoms with E-state index in [1.165, 1.54) is 9.25 Å². The molecule has 0 unspecified atom stereocenters. The van der Waals surface area contributed by atoms with Gasteiger partial charge in [0.15, 0.2) is 5.82 Å². The molecule has 4 rings (SSSR count). The van der Waals surface area contributed by atoms with Crippen LogP contribution >= 0.6 is 24.0 Å². The van der Waals surface area contributed by atoms with Crippen LogP contribution in [0.4, 0.5) is 5.69 Å². The Balaban J connectivity index is 0.00000342. The summed E-state index contributed by atoms with van der Waals surface area (Å²) >= 11 is 6.13. The second-order valence-corrected chi connectivity index (χ2v) is 8.95. The average molecular weight is 522 g/mol. The fourth-order valence-electron chi connectivity index (χ4n) is 4.24. The van der Waals surface area contributed by atoms with Crippen molar-refractivity contribution in [3.8, 4) is 5.75 Å². The van der Waals surface area contributed by atoms with Gasteiger partial charge in [-0.3, -0.25) is 9.47 Å². The predicted molar refractivity (Wildman–Crippen MR) is 141 cm³/mol. The van der Waals surface area contributed by atoms with Crippen molar-refractivity contribution in [1.82, 2.24) is 19.2 Å². The van der Waals surface area contributed by atoms with Crippen LogP contribution in [-0.4, -0.2) is 63.7 Å². The lowest BCUT2D eigenvalue weighted by molar-refractivity contribution is 0.179. The molecule has 2 heterocycles. The topological polar surface area (TPSA) is 75.8 Å². The molecule has 1 atom stereocenters. The quantitative estimate of drug-likeness (QED) is 0.440. The van der Waals surface area contributed by atoms with Gasteiger partial charge in [-0.2, -0.15) is 5.10 Å². The van der Waals surface area contributed by atoms with E-state index in [0.29, 0.717) is 25.5 Å². The summed E-state index contributed by atoms with van der Waals surface area (Å²) in [6, 6.07) is 17.4. The fourth-order valence-corrected chi connectivity index (χ4v) is 4.43. The highest BCUT2D eigenvalue weighted by Gasteiger charge is 2.19. The average Bonchev–Trinajstić information content (AvgIpc) is 3.16. The largest absolute Gasteiger partial charge is 0.492 e. The third-order valence-corrected chi connectivity index (χ3v) is 6.28. The molecule has 0 spiro atoms. The number of hydrogen-bond acceptors (Lipinski definition) is 6. The second kappa shape index (κ2) is 13.0. The maximum Gasteiger partial charge on any atom is 0.346 e. The van der Waals surface area contributed by atoms with E-state index in [2.05, 4.69) is 21.0 Å². The minimum Gasteiger partial charge on any atom is -0.492 e. The Morgan fingerprint density at radius 2 is 1.77 bits per heavy atom. The highest BCUT2D eigenvalue weighted by Crippen LogP contribution is 2.20. The number of anilines is 1. The zero-order valence-electron chi connectivity index (χ0n) is 19.9. The van der Waals surface area contributed by atoms with Gasteiger partial charge in [-0.15, -0.1) is 12.4 Å². The van der Waals surface area contributed by atoms with Crippen LogP contribution in [0.15, 0.2) is 59.4 Å². The number of benzene rings is 2. The van der Waals surface area contributed by atoms with Gasteiger partial charge in [0.1, 0.15) is 18.5 Å². The molecule has 10 heteroatoms. The number of halogens is 2. The Bertz CT molecular complexity index is 1110. The van der Waals surface area contributed by atoms with Gasteiger partial charge in [0.2, 0.25) is 0 Å². The van der Waals surface area contributed by atoms with Crippen molar-refractivity contribution in [3.63, 3.8) is 0 Å². The molecule has 190 valence electrons. The molecule has 0 aliphatic carbocycles. The summed E-state index contributed by atoms with van der Waals surface area (Å²) in [5, 5.41) is 15.3. The molecule has 2 aromatic carbocycles. The molecule has 8 nitrogen and oxygen atoms in total. The van der Waals surface area contributed by atoms with Gasteiger partial charge in [0.05, 0.1) is 6.54 Å². The molecule has 35 heavy (non-hydrogen) atoms. The van der Waals surface area contributed by atoms with Crippen molar-refractivity contribution in [2.45, 2.75) is 32.5 Å². The highest BCUT2D eigenvalue weighted by atomic mass is 35.5. The van der Waals surface area contributed by atoms with Crippen LogP contribution in [0.5, 0.6) is 5.75 Å². The zero-order valence-corrected chi connectivity index (χ0v) is 21.5. The number of para-hydroxylation sites is 1. The lowest BCUT2D eigenvalue weighted by atomic mass is 10.2. The first-order chi connectivity index (χ1) is 16.5. The monoisotopic (exact) mass is 521 g/mol. The van der Waals surface area contributed by atoms with Crippen LogP contribution in [0.25, 0.3) is 0 Å². The number of nitrogens with zero attached hydrogens (tertiary/aromatic N) is 5. The van der Waals surface area contributed by atoms with E-state index < -0.39 is 6.10 Å². The number of hydrogen-bond donors (Lipinski definition) is 1. The van der Waals surface area contributed by atoms with Crippen molar-refractivity contribution in [2.75, 3.05) is 44.2 Å². The Morgan fingerprint density at radius 3 is 2.46 bits per heavy atom. The molecule has 1 fully saturated rings. The number of aliphatic hydroxyl groups excluding tert-OH is 1. The molecule has 1 N–H and O–H groups in total. The summed E-state index contributed by atoms with van der Waals surface area (Å²) < 4.78 is 8.70. The summed E-state index contributed by atoms with van der Waals surface area (Å²) in [6.45, 7) is 7.51. The van der Waals surface area contributed by atoms with Crippen molar-refractivity contribution in [3.05, 3.63) is 75.9 Å². The van der Waals surface area contributed by atoms with E-state index in [-0.39, 0.29) is 18.1 Å². The maximum atomic E-state index is 12.9. The van der Waals surface area contributed by atoms with Crippen LogP contribution in [-0.2, 0) is 13.1 Å². The first-order valence-electron chi connectivity index (χ1n) is 11.8. The zero-order chi connectivity index (χ0) is 23.9. The predicted octanol–water partition coefficient (Wildman–Crippen LogP) is 3.46. The minimum atomic E-state index is -0.828. The van der Waals surface area contributed by atoms with E-state index in [1.54, 1.807) is 6.92 Å². The van der Waals surface area contributed by atoms with Gasteiger partial charge in [-0.25, -0.2) is 9.48 Å². The minimum absolute atomic E-state index is 0. The van der Waals surface area contributed by atoms with Crippen molar-refractivity contribution in [1.29, 1.82) is 0 Å². The number of rotatable bonds is 10. The molecule has 0 radical (unpaired) electrons. The van der Waals surface area contributed by atoms with Gasteiger partial charge in [0, 0.05) is 50.0 Å². The summed E-state index contributed by atoms with van der Waals surface area (Å²) in [7, 11) is 0. The normalized spacial score (nSPS) is 15.0. The molecule has 1 aromatic heterocycles. The fraction of sp³-hybridized carbons (Fsp3) is 0.440. The molecule has 0 bridgehead atoms. The number of aliphatic hydroxyl groups is 1. The molecule has 1 aliphatic rings. The van der Waals surface area contributed by atoms with Crippen LogP contribution in [0.2, 0.25) is 5.02 Å². The molecule has 0 amide bonds. The number of piperazine rings is 1. The Morgan fingerprint density at radius 1 is 1.03 bits per heavy atom. The molecule has 1 saturated heterocycles. The number of aryl methyl sites for hydroxylation is 1. The van der Waals surface area contributed by atoms with Crippen molar-refractivity contribution in [2.24, 2.45) is 0 Å². The van der Waals surface area contributed by atoms with Gasteiger partial charge < -0.3 is 14.7 Å². The summed E-state index contributed by atoms with van der Waals surface area (Å²) in [6.07, 6.45) is -0.0151. The SMILES string of the molecule is C[C@H](O)c1nn(CCCN2CCN(c3cccc(Cl)c3)CC2)c(=O)n1CCOc1ccccc1.Cl. The lowest BCUT2D eigenvalue weighted by Gasteiger charge is -2.36. The van der Waals surface area contributed by atoms with Gasteiger partial charge >= 0.3 is 5.69 Å². The lowest BCUT2D eigenvalue weighted by Crippen LogP contribution is -2.46. The highest BCUT2D eigenvalue weighted by molar-refractivity contribution is 6.30. The van der Waals surface area contributed by atoms with E-state index in [4.69, 9.17) is 16.3 Å². The van der Waals surface area contributed by atoms with E-state index in [0.717, 1.165) is 55.6 Å². The summed E-state index contributed by atoms with van der Waals surface area (Å²) in [4.78, 5) is 17.7. The van der Waals surface area contributed by atoms with E-state index >= 15 is 0 Å². The Kier molecular flexibility index (Phi) is 10.0. The molecule has 0 saturated carbocycles. The number of aromatic nitrogens is 3. The summed E-state index contributed by atoms with van der Waals surface area (Å²) in [5.41, 5.74) is 0.949. The van der Waals surface area contributed by atoms with Crippen LogP contribution in [0.1, 0.15) is 25.3 Å². The molecule has 1 aliphatic heterocycles. The van der Waals surface area contributed by atoms with Crippen molar-refractivity contribution >= 4 is 29.7 Å². The van der Waals surface area contributed by atoms with Gasteiger partial charge in [-0.05, 0) is 43.7 Å². The standard InChI is InChI=1S/C25H32ClN5O3.ClH/c1-20(32)24-27-31(25(33)30(24)17-18-34-23-9-3-2-4-10-23)12-6-11-28-13-15-29(16-14-28)22-8-5-7-21(26)19-22;/h2-5,7-10,19-20,32H,6,11-18H2,1H3;1H/t20-;/m0./s1. The van der Waals surface area contributed by atoms with Crippen molar-refractivity contribution < 1.29 is 9.84 Å². The van der Waals surface area contributed by atoms with E-state index in [9.17, 15) is 9.90 Å². The van der Waals surface area contributed by atoms with Crippen LogP contribution < -0.4 is 15.3 Å². The van der Waals surface area contributed by atoms with Gasteiger partial charge in [-0.1, -0.05) is 35.9 Å². The smallest absolute Gasteiger partial charge is 0.346 e. The third-order valence-electron chi connectivity index (χ3n) is 6.04. The van der Waals surface area contributed by atoms with E-state index in [1.807, 2.05) is 48.5 Å². The summed E-state index contributed by atoms with van der Waals surface area (Å²) in [5.74, 6) is 1.12. The molecule has 3 aromatic rings. The number of ether oxygens (including phenoxy) is 1. The van der Waals surface area contributed by atoms with Gasteiger partial charge in [0.25, 0.3) is 0 Å².